The first-order valence-electron chi connectivity index (χ1n) is 5.69. The van der Waals surface area contributed by atoms with Gasteiger partial charge in [-0.15, -0.1) is 0 Å². The Bertz CT molecular complexity index is 421. The van der Waals surface area contributed by atoms with Crippen molar-refractivity contribution in [3.63, 3.8) is 0 Å². The van der Waals surface area contributed by atoms with Crippen LogP contribution in [0, 0.1) is 0 Å². The Morgan fingerprint density at radius 3 is 2.50 bits per heavy atom. The van der Waals surface area contributed by atoms with Crippen molar-refractivity contribution in [2.75, 3.05) is 12.0 Å². The highest BCUT2D eigenvalue weighted by molar-refractivity contribution is 6.74. The van der Waals surface area contributed by atoms with Crippen molar-refractivity contribution in [1.82, 2.24) is 9.97 Å². The molecule has 0 aromatic carbocycles. The molecule has 1 aromatic heterocycles. The van der Waals surface area contributed by atoms with E-state index in [1.54, 1.807) is 0 Å². The summed E-state index contributed by atoms with van der Waals surface area (Å²) in [5, 5.41) is 3.79. The second-order valence-electron chi connectivity index (χ2n) is 5.56. The molecule has 18 heavy (non-hydrogen) atoms. The smallest absolute Gasteiger partial charge is 0.224 e. The molecule has 0 radical (unpaired) electrons. The highest BCUT2D eigenvalue weighted by Gasteiger charge is 2.37. The van der Waals surface area contributed by atoms with Crippen LogP contribution in [0.1, 0.15) is 20.8 Å². The molecular weight excluding hydrogens is 289 g/mol. The van der Waals surface area contributed by atoms with Gasteiger partial charge in [0.25, 0.3) is 0 Å². The molecule has 0 saturated carbocycles. The number of anilines is 1. The van der Waals surface area contributed by atoms with Crippen LogP contribution in [-0.2, 0) is 4.43 Å². The molecule has 7 heteroatoms. The van der Waals surface area contributed by atoms with Gasteiger partial charge in [-0.25, -0.2) is 4.98 Å². The second-order valence-corrected chi connectivity index (χ2v) is 11.1. The quantitative estimate of drug-likeness (QED) is 0.515. The Balaban J connectivity index is 2.59. The lowest BCUT2D eigenvalue weighted by molar-refractivity contribution is 0.313. The van der Waals surface area contributed by atoms with Crippen molar-refractivity contribution in [1.29, 1.82) is 0 Å². The van der Waals surface area contributed by atoms with Gasteiger partial charge in [-0.05, 0) is 29.7 Å². The molecule has 1 aromatic rings. The molecule has 4 nitrogen and oxygen atoms in total. The Kier molecular flexibility index (Phi) is 5.00. The van der Waals surface area contributed by atoms with Crippen molar-refractivity contribution in [3.05, 3.63) is 16.5 Å². The first kappa shape index (κ1) is 15.7. The fourth-order valence-electron chi connectivity index (χ4n) is 0.971. The van der Waals surface area contributed by atoms with E-state index in [2.05, 4.69) is 49.1 Å². The summed E-state index contributed by atoms with van der Waals surface area (Å²) in [6, 6.07) is 0. The van der Waals surface area contributed by atoms with Gasteiger partial charge in [0.15, 0.2) is 14.1 Å². The molecule has 0 spiro atoms. The first-order valence-corrected chi connectivity index (χ1v) is 9.36. The maximum Gasteiger partial charge on any atom is 0.224 e. The summed E-state index contributed by atoms with van der Waals surface area (Å²) in [4.78, 5) is 7.79. The lowest BCUT2D eigenvalue weighted by Gasteiger charge is -2.36. The van der Waals surface area contributed by atoms with Crippen LogP contribution >= 0.6 is 23.2 Å². The largest absolute Gasteiger partial charge is 0.400 e. The average molecular weight is 308 g/mol. The summed E-state index contributed by atoms with van der Waals surface area (Å²) in [6.45, 7) is 11.3. The molecular formula is C11H19Cl2N3OSi. The third kappa shape index (κ3) is 4.09. The van der Waals surface area contributed by atoms with Crippen molar-refractivity contribution >= 4 is 37.3 Å². The summed E-state index contributed by atoms with van der Waals surface area (Å²) in [7, 11) is -1.77. The summed E-state index contributed by atoms with van der Waals surface area (Å²) >= 11 is 11.7. The minimum Gasteiger partial charge on any atom is -0.400 e. The van der Waals surface area contributed by atoms with E-state index in [0.29, 0.717) is 17.6 Å². The lowest BCUT2D eigenvalue weighted by atomic mass is 10.2. The van der Waals surface area contributed by atoms with Gasteiger partial charge in [-0.2, -0.15) is 4.98 Å². The van der Waals surface area contributed by atoms with Crippen LogP contribution < -0.4 is 5.32 Å². The van der Waals surface area contributed by atoms with Gasteiger partial charge < -0.3 is 9.74 Å². The van der Waals surface area contributed by atoms with Crippen LogP contribution in [-0.4, -0.2) is 25.0 Å². The fourth-order valence-corrected chi connectivity index (χ4v) is 2.13. The third-order valence-corrected chi connectivity index (χ3v) is 8.13. The van der Waals surface area contributed by atoms with Crippen molar-refractivity contribution in [2.45, 2.75) is 38.9 Å². The minimum absolute atomic E-state index is 0.161. The number of nitrogens with one attached hydrogen (secondary N) is 1. The Labute approximate surface area is 119 Å². The van der Waals surface area contributed by atoms with E-state index >= 15 is 0 Å². The molecule has 0 bridgehead atoms. The molecule has 0 fully saturated rings. The zero-order chi connectivity index (χ0) is 14.0. The maximum absolute atomic E-state index is 5.96. The summed E-state index contributed by atoms with van der Waals surface area (Å²) < 4.78 is 5.96. The topological polar surface area (TPSA) is 47.0 Å². The highest BCUT2D eigenvalue weighted by atomic mass is 35.5. The minimum atomic E-state index is -1.77. The highest BCUT2D eigenvalue weighted by Crippen LogP contribution is 2.36. The van der Waals surface area contributed by atoms with Gasteiger partial charge in [-0.3, -0.25) is 0 Å². The molecule has 0 aliphatic heterocycles. The van der Waals surface area contributed by atoms with Crippen LogP contribution in [0.2, 0.25) is 28.4 Å². The monoisotopic (exact) mass is 307 g/mol. The molecule has 0 saturated heterocycles. The molecule has 0 atom stereocenters. The van der Waals surface area contributed by atoms with Crippen LogP contribution in [0.15, 0.2) is 6.20 Å². The Hall–Kier alpha value is -0.363. The van der Waals surface area contributed by atoms with E-state index in [1.807, 2.05) is 0 Å². The first-order chi connectivity index (χ1) is 8.13. The van der Waals surface area contributed by atoms with Gasteiger partial charge in [0.1, 0.15) is 11.8 Å². The van der Waals surface area contributed by atoms with E-state index in [1.165, 1.54) is 6.20 Å². The normalized spacial score (nSPS) is 12.6. The number of aromatic nitrogens is 2. The molecule has 0 aliphatic rings. The predicted molar refractivity (Wildman–Crippen MR) is 78.8 cm³/mol. The molecule has 1 N–H and O–H groups in total. The van der Waals surface area contributed by atoms with Crippen LogP contribution in [0.3, 0.4) is 0 Å². The number of nitrogens with zero attached hydrogens (tertiary/aromatic N) is 2. The SMILES string of the molecule is CC(C)(C)[Si](C)(C)OCNc1nc(Cl)ncc1Cl. The van der Waals surface area contributed by atoms with E-state index in [0.717, 1.165) is 0 Å². The molecule has 0 unspecified atom stereocenters. The fraction of sp³-hybridized carbons (Fsp3) is 0.636. The van der Waals surface area contributed by atoms with Gasteiger partial charge in [-0.1, -0.05) is 32.4 Å². The van der Waals surface area contributed by atoms with Gasteiger partial charge >= 0.3 is 0 Å². The zero-order valence-electron chi connectivity index (χ0n) is 11.3. The van der Waals surface area contributed by atoms with E-state index < -0.39 is 8.32 Å². The van der Waals surface area contributed by atoms with Crippen molar-refractivity contribution in [3.8, 4) is 0 Å². The van der Waals surface area contributed by atoms with Crippen molar-refractivity contribution in [2.24, 2.45) is 0 Å². The predicted octanol–water partition coefficient (Wildman–Crippen LogP) is 4.17. The van der Waals surface area contributed by atoms with Crippen molar-refractivity contribution < 1.29 is 4.43 Å². The van der Waals surface area contributed by atoms with E-state index in [9.17, 15) is 0 Å². The standard InChI is InChI=1S/C11H19Cl2N3OSi/c1-11(2,3)18(4,5)17-7-15-9-8(12)6-14-10(13)16-9/h6H,7H2,1-5H3,(H,14,15,16). The van der Waals surface area contributed by atoms with E-state index in [4.69, 9.17) is 27.6 Å². The molecule has 1 rings (SSSR count). The maximum atomic E-state index is 5.96. The third-order valence-electron chi connectivity index (χ3n) is 3.19. The van der Waals surface area contributed by atoms with Crippen LogP contribution in [0.25, 0.3) is 0 Å². The Morgan fingerprint density at radius 1 is 1.33 bits per heavy atom. The molecule has 1 heterocycles. The van der Waals surface area contributed by atoms with Crippen LogP contribution in [0.4, 0.5) is 5.82 Å². The van der Waals surface area contributed by atoms with Gasteiger partial charge in [0.2, 0.25) is 5.28 Å². The second kappa shape index (κ2) is 5.73. The average Bonchev–Trinajstić information content (AvgIpc) is 2.21. The van der Waals surface area contributed by atoms with Crippen LogP contribution in [0.5, 0.6) is 0 Å². The summed E-state index contributed by atoms with van der Waals surface area (Å²) in [5.74, 6) is 0.496. The van der Waals surface area contributed by atoms with Gasteiger partial charge in [0.05, 0.1) is 6.20 Å². The number of rotatable bonds is 4. The number of halogens is 2. The number of hydrogen-bond donors (Lipinski definition) is 1. The molecule has 0 amide bonds. The van der Waals surface area contributed by atoms with Gasteiger partial charge in [0, 0.05) is 0 Å². The lowest BCUT2D eigenvalue weighted by Crippen LogP contribution is -2.42. The Morgan fingerprint density at radius 2 is 1.94 bits per heavy atom. The zero-order valence-corrected chi connectivity index (χ0v) is 13.9. The summed E-state index contributed by atoms with van der Waals surface area (Å²) in [5.41, 5.74) is 0. The molecule has 102 valence electrons. The summed E-state index contributed by atoms with van der Waals surface area (Å²) in [6.07, 6.45) is 1.46. The van der Waals surface area contributed by atoms with E-state index in [-0.39, 0.29) is 10.3 Å². The number of hydrogen-bond acceptors (Lipinski definition) is 4. The molecule has 0 aliphatic carbocycles.